The van der Waals surface area contributed by atoms with E-state index in [2.05, 4.69) is 301 Å². The second-order valence-corrected chi connectivity index (χ2v) is 21.7. The van der Waals surface area contributed by atoms with E-state index in [0.29, 0.717) is 0 Å². The summed E-state index contributed by atoms with van der Waals surface area (Å²) in [6.07, 6.45) is 0. The minimum absolute atomic E-state index is 0.537. The molecule has 0 bridgehead atoms. The monoisotopic (exact) mass is 996 g/mol. The van der Waals surface area contributed by atoms with Crippen molar-refractivity contribution >= 4 is 65.6 Å². The minimum Gasteiger partial charge on any atom is -0.310 e. The van der Waals surface area contributed by atoms with Crippen LogP contribution in [0.3, 0.4) is 0 Å². The van der Waals surface area contributed by atoms with E-state index in [4.69, 9.17) is 0 Å². The van der Waals surface area contributed by atoms with Crippen LogP contribution in [0.2, 0.25) is 0 Å². The van der Waals surface area contributed by atoms with E-state index in [0.717, 1.165) is 22.7 Å². The summed E-state index contributed by atoms with van der Waals surface area (Å²) in [5, 5.41) is 2.53. The number of anilines is 6. The Hall–Kier alpha value is -9.54. The van der Waals surface area contributed by atoms with Gasteiger partial charge >= 0.3 is 0 Å². The highest BCUT2D eigenvalue weighted by molar-refractivity contribution is 7.26. The fourth-order valence-corrected chi connectivity index (χ4v) is 15.0. The molecule has 16 rings (SSSR count). The summed E-state index contributed by atoms with van der Waals surface area (Å²) in [5.41, 5.74) is 23.6. The SMILES string of the molecule is c1ccc(N2c3ccccc3C3(c4ccccc4)c4cc(-c5ccc(N(c6ccc7c(c6)C(c6ccccc6)(c6ccccc6)c6ccccc6-7)c6cccc7sc8ccccc8c67)cc5)ccc4-c4cccc2c43)cc1. The van der Waals surface area contributed by atoms with Gasteiger partial charge in [0, 0.05) is 42.8 Å². The number of thiophene rings is 1. The second-order valence-electron chi connectivity index (χ2n) is 20.7. The van der Waals surface area contributed by atoms with Gasteiger partial charge in [0.25, 0.3) is 0 Å². The summed E-state index contributed by atoms with van der Waals surface area (Å²) in [6, 6.07) is 109. The lowest BCUT2D eigenvalue weighted by Crippen LogP contribution is -2.35. The molecule has 2 heterocycles. The van der Waals surface area contributed by atoms with Crippen LogP contribution in [-0.2, 0) is 10.8 Å². The van der Waals surface area contributed by atoms with Crippen LogP contribution in [0.25, 0.3) is 53.6 Å². The van der Waals surface area contributed by atoms with Gasteiger partial charge in [-0.2, -0.15) is 0 Å². The van der Waals surface area contributed by atoms with Gasteiger partial charge in [0.15, 0.2) is 0 Å². The fraction of sp³-hybridized carbons (Fsp3) is 0.0270. The molecule has 1 unspecified atom stereocenters. The molecule has 2 nitrogen and oxygen atoms in total. The van der Waals surface area contributed by atoms with Gasteiger partial charge in [-0.3, -0.25) is 0 Å². The van der Waals surface area contributed by atoms with Crippen LogP contribution < -0.4 is 9.80 Å². The minimum atomic E-state index is -0.541. The van der Waals surface area contributed by atoms with Gasteiger partial charge in [0.1, 0.15) is 0 Å². The molecule has 0 fully saturated rings. The topological polar surface area (TPSA) is 6.48 Å². The molecule has 1 aromatic heterocycles. The lowest BCUT2D eigenvalue weighted by Gasteiger charge is -2.44. The molecule has 77 heavy (non-hydrogen) atoms. The van der Waals surface area contributed by atoms with Crippen LogP contribution in [-0.4, -0.2) is 0 Å². The number of rotatable bonds is 8. The van der Waals surface area contributed by atoms with E-state index in [-0.39, 0.29) is 0 Å². The Bertz CT molecular complexity index is 4410. The van der Waals surface area contributed by atoms with Crippen molar-refractivity contribution in [3.63, 3.8) is 0 Å². The van der Waals surface area contributed by atoms with Crippen molar-refractivity contribution in [2.45, 2.75) is 10.8 Å². The smallest absolute Gasteiger partial charge is 0.0754 e. The zero-order valence-corrected chi connectivity index (χ0v) is 42.8. The molecular weight excluding hydrogens is 949 g/mol. The Morgan fingerprint density at radius 3 is 1.60 bits per heavy atom. The van der Waals surface area contributed by atoms with Crippen molar-refractivity contribution in [2.24, 2.45) is 0 Å². The average molecular weight is 997 g/mol. The highest BCUT2D eigenvalue weighted by atomic mass is 32.1. The van der Waals surface area contributed by atoms with Gasteiger partial charge < -0.3 is 9.80 Å². The third-order valence-corrected chi connectivity index (χ3v) is 18.1. The maximum Gasteiger partial charge on any atom is 0.0754 e. The van der Waals surface area contributed by atoms with Crippen molar-refractivity contribution in [1.29, 1.82) is 0 Å². The number of hydrogen-bond donors (Lipinski definition) is 0. The van der Waals surface area contributed by atoms with Gasteiger partial charge in [-0.15, -0.1) is 11.3 Å². The van der Waals surface area contributed by atoms with Crippen molar-refractivity contribution in [3.8, 4) is 33.4 Å². The lowest BCUT2D eigenvalue weighted by atomic mass is 9.64. The van der Waals surface area contributed by atoms with E-state index < -0.39 is 10.8 Å². The largest absolute Gasteiger partial charge is 0.310 e. The molecule has 3 heteroatoms. The molecule has 0 radical (unpaired) electrons. The van der Waals surface area contributed by atoms with Crippen molar-refractivity contribution in [3.05, 3.63) is 336 Å². The van der Waals surface area contributed by atoms with Gasteiger partial charge in [-0.25, -0.2) is 0 Å². The first-order chi connectivity index (χ1) is 38.2. The molecule has 0 saturated heterocycles. The number of hydrogen-bond acceptors (Lipinski definition) is 3. The zero-order valence-electron chi connectivity index (χ0n) is 42.0. The molecular formula is C74H48N2S. The molecule has 2 aliphatic carbocycles. The Morgan fingerprint density at radius 1 is 0.325 bits per heavy atom. The molecule has 0 N–H and O–H groups in total. The Morgan fingerprint density at radius 2 is 0.844 bits per heavy atom. The zero-order chi connectivity index (χ0) is 50.7. The molecule has 1 atom stereocenters. The normalized spacial score (nSPS) is 15.1. The van der Waals surface area contributed by atoms with E-state index >= 15 is 0 Å². The average Bonchev–Trinajstić information content (AvgIpc) is 4.17. The summed E-state index contributed by atoms with van der Waals surface area (Å²) in [5.74, 6) is 0. The summed E-state index contributed by atoms with van der Waals surface area (Å²) in [7, 11) is 0. The van der Waals surface area contributed by atoms with Gasteiger partial charge in [-0.1, -0.05) is 218 Å². The number of fused-ring (bicyclic) bond motifs is 11. The van der Waals surface area contributed by atoms with Crippen molar-refractivity contribution < 1.29 is 0 Å². The molecule has 0 spiro atoms. The maximum atomic E-state index is 2.51. The molecule has 13 aromatic rings. The Kier molecular flexibility index (Phi) is 9.67. The van der Waals surface area contributed by atoms with Crippen molar-refractivity contribution in [2.75, 3.05) is 9.80 Å². The first-order valence-electron chi connectivity index (χ1n) is 26.7. The number of nitrogens with zero attached hydrogens (tertiary/aromatic N) is 2. The summed E-state index contributed by atoms with van der Waals surface area (Å²) >= 11 is 1.86. The van der Waals surface area contributed by atoms with Crippen LogP contribution in [0.4, 0.5) is 34.1 Å². The van der Waals surface area contributed by atoms with Gasteiger partial charge in [0.05, 0.1) is 27.9 Å². The lowest BCUT2D eigenvalue weighted by molar-refractivity contribution is 0.754. The first-order valence-corrected chi connectivity index (χ1v) is 27.5. The third kappa shape index (κ3) is 6.18. The number of para-hydroxylation sites is 2. The van der Waals surface area contributed by atoms with E-state index in [9.17, 15) is 0 Å². The predicted octanol–water partition coefficient (Wildman–Crippen LogP) is 19.7. The molecule has 1 aliphatic heterocycles. The van der Waals surface area contributed by atoms with Gasteiger partial charge in [-0.05, 0) is 145 Å². The second kappa shape index (κ2) is 17.0. The summed E-state index contributed by atoms with van der Waals surface area (Å²) in [4.78, 5) is 4.98. The van der Waals surface area contributed by atoms with E-state index in [1.54, 1.807) is 0 Å². The van der Waals surface area contributed by atoms with E-state index in [1.807, 2.05) is 11.3 Å². The van der Waals surface area contributed by atoms with Crippen LogP contribution in [0.15, 0.2) is 291 Å². The van der Waals surface area contributed by atoms with Crippen molar-refractivity contribution in [1.82, 2.24) is 0 Å². The third-order valence-electron chi connectivity index (χ3n) is 16.9. The highest BCUT2D eigenvalue weighted by Crippen LogP contribution is 2.65. The molecule has 360 valence electrons. The van der Waals surface area contributed by atoms with Crippen LogP contribution in [0.5, 0.6) is 0 Å². The van der Waals surface area contributed by atoms with Gasteiger partial charge in [0.2, 0.25) is 0 Å². The quantitative estimate of drug-likeness (QED) is 0.150. The summed E-state index contributed by atoms with van der Waals surface area (Å²) < 4.78 is 2.56. The molecule has 12 aromatic carbocycles. The van der Waals surface area contributed by atoms with Crippen LogP contribution in [0, 0.1) is 0 Å². The molecule has 3 aliphatic rings. The van der Waals surface area contributed by atoms with Crippen LogP contribution >= 0.6 is 11.3 Å². The standard InChI is InChI=1S/C74H48N2S/c1-5-21-51(22-6-1)73(52-23-7-2-8-24-52)62-32-15-13-29-57(62)58-46-44-56(48-65(58)73)75(67-35-20-38-70-71(67)61-30-14-18-37-69(61)77-70)55-42-39-49(40-43-55)50-41-45-59-60-31-19-36-68-72(60)74(64(59)47-50,53-25-9-3-10-26-53)63-33-16-17-34-66(63)76(68)54-27-11-4-12-28-54/h1-48H. The summed E-state index contributed by atoms with van der Waals surface area (Å²) in [6.45, 7) is 0. The molecule has 0 saturated carbocycles. The Balaban J connectivity index is 0.890. The first kappa shape index (κ1) is 43.8. The maximum absolute atomic E-state index is 2.51. The predicted molar refractivity (Wildman–Crippen MR) is 322 cm³/mol. The Labute approximate surface area is 452 Å². The van der Waals surface area contributed by atoms with Crippen LogP contribution in [0.1, 0.15) is 44.5 Å². The number of benzene rings is 12. The fourth-order valence-electron chi connectivity index (χ4n) is 13.9. The molecule has 0 amide bonds. The van der Waals surface area contributed by atoms with E-state index in [1.165, 1.54) is 109 Å². The highest BCUT2D eigenvalue weighted by Gasteiger charge is 2.53.